The van der Waals surface area contributed by atoms with Gasteiger partial charge in [-0.2, -0.15) is 4.31 Å². The molecule has 0 aliphatic rings. The Bertz CT molecular complexity index is 502. The van der Waals surface area contributed by atoms with E-state index < -0.39 is 15.8 Å². The van der Waals surface area contributed by atoms with Crippen LogP contribution in [0.25, 0.3) is 0 Å². The third-order valence-corrected chi connectivity index (χ3v) is 5.10. The minimum absolute atomic E-state index is 0.278. The van der Waals surface area contributed by atoms with E-state index in [1.54, 1.807) is 0 Å². The van der Waals surface area contributed by atoms with Crippen molar-refractivity contribution in [3.8, 4) is 0 Å². The van der Waals surface area contributed by atoms with E-state index in [4.69, 9.17) is 0 Å². The van der Waals surface area contributed by atoms with Crippen LogP contribution in [-0.4, -0.2) is 31.1 Å². The molecule has 0 N–H and O–H groups in total. The Kier molecular flexibility index (Phi) is 6.23. The average molecular weight is 403 g/mol. The molecule has 0 radical (unpaired) electrons. The molecule has 1 aromatic carbocycles. The highest BCUT2D eigenvalue weighted by atomic mass is 79.9. The minimum atomic E-state index is -3.77. The molecule has 7 heteroatoms. The number of sulfonamides is 1. The van der Waals surface area contributed by atoms with Crippen LogP contribution in [0.15, 0.2) is 27.6 Å². The topological polar surface area (TPSA) is 37.4 Å². The SMILES string of the molecule is CCCN(CCBr)S(=O)(=O)c1ccc(Br)cc1F. The van der Waals surface area contributed by atoms with Crippen LogP contribution in [0.1, 0.15) is 13.3 Å². The van der Waals surface area contributed by atoms with E-state index in [-0.39, 0.29) is 4.90 Å². The fourth-order valence-electron chi connectivity index (χ4n) is 1.52. The summed E-state index contributed by atoms with van der Waals surface area (Å²) in [4.78, 5) is -0.278. The molecule has 0 aliphatic carbocycles. The van der Waals surface area contributed by atoms with Crippen molar-refractivity contribution < 1.29 is 12.8 Å². The number of alkyl halides is 1. The summed E-state index contributed by atoms with van der Waals surface area (Å²) in [5, 5.41) is 0.518. The summed E-state index contributed by atoms with van der Waals surface area (Å²) in [6.07, 6.45) is 0.685. The van der Waals surface area contributed by atoms with Crippen LogP contribution in [-0.2, 0) is 10.0 Å². The molecule has 0 saturated carbocycles. The molecule has 0 bridgehead atoms. The first-order valence-electron chi connectivity index (χ1n) is 5.44. The maximum absolute atomic E-state index is 13.7. The van der Waals surface area contributed by atoms with Crippen LogP contribution in [0.4, 0.5) is 4.39 Å². The van der Waals surface area contributed by atoms with Gasteiger partial charge in [0.15, 0.2) is 0 Å². The molecule has 0 aliphatic heterocycles. The van der Waals surface area contributed by atoms with Crippen LogP contribution in [0, 0.1) is 5.82 Å². The Hall–Kier alpha value is 0.0200. The van der Waals surface area contributed by atoms with Crippen molar-refractivity contribution in [3.63, 3.8) is 0 Å². The van der Waals surface area contributed by atoms with E-state index in [1.165, 1.54) is 16.4 Å². The molecule has 3 nitrogen and oxygen atoms in total. The smallest absolute Gasteiger partial charge is 0.207 e. The zero-order valence-electron chi connectivity index (χ0n) is 9.87. The van der Waals surface area contributed by atoms with Gasteiger partial charge < -0.3 is 0 Å². The van der Waals surface area contributed by atoms with Crippen molar-refractivity contribution in [1.82, 2.24) is 4.31 Å². The van der Waals surface area contributed by atoms with Gasteiger partial charge in [-0.3, -0.25) is 0 Å². The van der Waals surface area contributed by atoms with Crippen LogP contribution in [0.3, 0.4) is 0 Å². The summed E-state index contributed by atoms with van der Waals surface area (Å²) in [5.41, 5.74) is 0. The van der Waals surface area contributed by atoms with Crippen molar-refractivity contribution in [1.29, 1.82) is 0 Å². The first kappa shape index (κ1) is 16.1. The molecule has 0 amide bonds. The van der Waals surface area contributed by atoms with Crippen molar-refractivity contribution in [2.75, 3.05) is 18.4 Å². The summed E-state index contributed by atoms with van der Waals surface area (Å²) in [6.45, 7) is 2.59. The Labute approximate surface area is 124 Å². The van der Waals surface area contributed by atoms with Gasteiger partial charge in [0.1, 0.15) is 10.7 Å². The lowest BCUT2D eigenvalue weighted by molar-refractivity contribution is 0.426. The van der Waals surface area contributed by atoms with Crippen LogP contribution in [0.5, 0.6) is 0 Å². The molecule has 0 spiro atoms. The quantitative estimate of drug-likeness (QED) is 0.684. The summed E-state index contributed by atoms with van der Waals surface area (Å²) in [5.74, 6) is -0.736. The highest BCUT2D eigenvalue weighted by Crippen LogP contribution is 2.22. The lowest BCUT2D eigenvalue weighted by atomic mass is 10.3. The molecule has 18 heavy (non-hydrogen) atoms. The van der Waals surface area contributed by atoms with Gasteiger partial charge in [0, 0.05) is 22.9 Å². The van der Waals surface area contributed by atoms with Crippen LogP contribution >= 0.6 is 31.9 Å². The number of halogens is 3. The third-order valence-electron chi connectivity index (χ3n) is 2.32. The molecule has 0 unspecified atom stereocenters. The summed E-state index contributed by atoms with van der Waals surface area (Å²) in [6, 6.07) is 3.96. The predicted octanol–water partition coefficient (Wildman–Crippen LogP) is 3.38. The van der Waals surface area contributed by atoms with Crippen molar-refractivity contribution in [3.05, 3.63) is 28.5 Å². The first-order valence-corrected chi connectivity index (χ1v) is 8.80. The second-order valence-corrected chi connectivity index (χ2v) is 7.28. The molecule has 1 rings (SSSR count). The van der Waals surface area contributed by atoms with E-state index in [0.717, 1.165) is 6.07 Å². The molecule has 0 heterocycles. The van der Waals surface area contributed by atoms with E-state index in [1.807, 2.05) is 6.92 Å². The predicted molar refractivity (Wildman–Crippen MR) is 76.9 cm³/mol. The zero-order valence-corrected chi connectivity index (χ0v) is 13.9. The zero-order chi connectivity index (χ0) is 13.8. The summed E-state index contributed by atoms with van der Waals surface area (Å²) >= 11 is 6.31. The fraction of sp³-hybridized carbons (Fsp3) is 0.455. The molecule has 0 atom stereocenters. The molecule has 0 fully saturated rings. The van der Waals surface area contributed by atoms with Gasteiger partial charge in [-0.05, 0) is 24.6 Å². The number of rotatable bonds is 6. The average Bonchev–Trinajstić information content (AvgIpc) is 2.28. The van der Waals surface area contributed by atoms with E-state index >= 15 is 0 Å². The second-order valence-electron chi connectivity index (χ2n) is 3.67. The lowest BCUT2D eigenvalue weighted by Gasteiger charge is -2.20. The van der Waals surface area contributed by atoms with Crippen molar-refractivity contribution in [2.45, 2.75) is 18.2 Å². The number of hydrogen-bond donors (Lipinski definition) is 0. The first-order chi connectivity index (χ1) is 8.43. The summed E-state index contributed by atoms with van der Waals surface area (Å²) < 4.78 is 40.1. The summed E-state index contributed by atoms with van der Waals surface area (Å²) in [7, 11) is -3.77. The van der Waals surface area contributed by atoms with Gasteiger partial charge in [-0.1, -0.05) is 38.8 Å². The van der Waals surface area contributed by atoms with Gasteiger partial charge in [0.25, 0.3) is 0 Å². The number of hydrogen-bond acceptors (Lipinski definition) is 2. The monoisotopic (exact) mass is 401 g/mol. The Morgan fingerprint density at radius 2 is 2.00 bits per heavy atom. The molecule has 102 valence electrons. The maximum atomic E-state index is 13.7. The van der Waals surface area contributed by atoms with Gasteiger partial charge in [0.05, 0.1) is 0 Å². The number of nitrogens with zero attached hydrogens (tertiary/aromatic N) is 1. The molecule has 1 aromatic rings. The normalized spacial score (nSPS) is 12.1. The largest absolute Gasteiger partial charge is 0.246 e. The Morgan fingerprint density at radius 1 is 1.33 bits per heavy atom. The van der Waals surface area contributed by atoms with Crippen molar-refractivity contribution >= 4 is 41.9 Å². The standard InChI is InChI=1S/C11H14Br2FNO2S/c1-2-6-15(7-5-12)18(16,17)11-4-3-9(13)8-10(11)14/h3-4,8H,2,5-7H2,1H3. The van der Waals surface area contributed by atoms with Crippen LogP contribution < -0.4 is 0 Å². The van der Waals surface area contributed by atoms with Crippen LogP contribution in [0.2, 0.25) is 0 Å². The third kappa shape index (κ3) is 3.76. The van der Waals surface area contributed by atoms with Crippen molar-refractivity contribution in [2.24, 2.45) is 0 Å². The highest BCUT2D eigenvalue weighted by Gasteiger charge is 2.26. The van der Waals surface area contributed by atoms with E-state index in [2.05, 4.69) is 31.9 Å². The molecular weight excluding hydrogens is 389 g/mol. The van der Waals surface area contributed by atoms with Gasteiger partial charge in [0.2, 0.25) is 10.0 Å². The Morgan fingerprint density at radius 3 is 2.50 bits per heavy atom. The van der Waals surface area contributed by atoms with E-state index in [9.17, 15) is 12.8 Å². The molecule has 0 saturated heterocycles. The maximum Gasteiger partial charge on any atom is 0.246 e. The Balaban J connectivity index is 3.17. The van der Waals surface area contributed by atoms with Gasteiger partial charge >= 0.3 is 0 Å². The molecular formula is C11H14Br2FNO2S. The minimum Gasteiger partial charge on any atom is -0.207 e. The van der Waals surface area contributed by atoms with E-state index in [0.29, 0.717) is 29.3 Å². The second kappa shape index (κ2) is 6.98. The molecule has 0 aromatic heterocycles. The highest BCUT2D eigenvalue weighted by molar-refractivity contribution is 9.10. The lowest BCUT2D eigenvalue weighted by Crippen LogP contribution is -2.34. The fourth-order valence-corrected chi connectivity index (χ4v) is 4.09. The number of benzene rings is 1. The van der Waals surface area contributed by atoms with Gasteiger partial charge in [-0.25, -0.2) is 12.8 Å². The van der Waals surface area contributed by atoms with Gasteiger partial charge in [-0.15, -0.1) is 0 Å².